The molecular weight excluding hydrogens is 550 g/mol. The summed E-state index contributed by atoms with van der Waals surface area (Å²) in [7, 11) is -0.819. The van der Waals surface area contributed by atoms with Crippen molar-refractivity contribution in [3.8, 4) is 17.2 Å². The Morgan fingerprint density at radius 3 is 2.41 bits per heavy atom. The Bertz CT molecular complexity index is 1540. The molecular formula is C28H35N5O7S. The Kier molecular flexibility index (Phi) is 8.59. The van der Waals surface area contributed by atoms with Crippen LogP contribution in [-0.4, -0.2) is 78.0 Å². The molecule has 4 heterocycles. The van der Waals surface area contributed by atoms with Gasteiger partial charge in [0.2, 0.25) is 0 Å². The monoisotopic (exact) mass is 585 g/mol. The summed E-state index contributed by atoms with van der Waals surface area (Å²) in [5.74, 6) is 1.06. The molecule has 0 unspecified atom stereocenters. The van der Waals surface area contributed by atoms with Gasteiger partial charge in [0.25, 0.3) is 0 Å². The molecule has 0 bridgehead atoms. The number of hydrogen-bond donors (Lipinski definition) is 0. The van der Waals surface area contributed by atoms with E-state index in [0.717, 1.165) is 0 Å². The van der Waals surface area contributed by atoms with Crippen molar-refractivity contribution in [1.82, 2.24) is 24.1 Å². The molecule has 12 nitrogen and oxygen atoms in total. The van der Waals surface area contributed by atoms with Gasteiger partial charge >= 0.3 is 0 Å². The van der Waals surface area contributed by atoms with Crippen LogP contribution < -0.4 is 9.47 Å². The number of aromatic nitrogens is 5. The zero-order chi connectivity index (χ0) is 29.1. The fraction of sp³-hybridized carbons (Fsp3) is 0.464. The van der Waals surface area contributed by atoms with Crippen LogP contribution in [0.5, 0.6) is 11.5 Å². The minimum atomic E-state index is -3.88. The Morgan fingerprint density at radius 2 is 1.78 bits per heavy atom. The highest BCUT2D eigenvalue weighted by molar-refractivity contribution is 7.91. The molecule has 3 aromatic heterocycles. The molecule has 0 aliphatic carbocycles. The van der Waals surface area contributed by atoms with Crippen LogP contribution in [0.15, 0.2) is 48.8 Å². The maximum atomic E-state index is 14.1. The van der Waals surface area contributed by atoms with Crippen molar-refractivity contribution in [2.45, 2.75) is 50.1 Å². The summed E-state index contributed by atoms with van der Waals surface area (Å²) in [6.45, 7) is 6.45. The third-order valence-corrected chi connectivity index (χ3v) is 8.94. The Balaban J connectivity index is 1.57. The van der Waals surface area contributed by atoms with Gasteiger partial charge in [-0.05, 0) is 45.0 Å². The number of benzene rings is 1. The number of fused-ring (bicyclic) bond motifs is 1. The zero-order valence-corrected chi connectivity index (χ0v) is 24.6. The van der Waals surface area contributed by atoms with Crippen LogP contribution in [0.2, 0.25) is 0 Å². The van der Waals surface area contributed by atoms with Crippen molar-refractivity contribution in [1.29, 1.82) is 0 Å². The van der Waals surface area contributed by atoms with E-state index in [4.69, 9.17) is 23.7 Å². The average Bonchev–Trinajstić information content (AvgIpc) is 3.59. The SMILES string of the molecule is COc1cccc(OC)c1-n1c(CS(=O)(=O)[C@@H](C)[C@@H](OC(C)C)c2cn3ccccc3n2)nnc1[C@H]1COCCO1. The summed E-state index contributed by atoms with van der Waals surface area (Å²) in [5.41, 5.74) is 1.70. The maximum absolute atomic E-state index is 14.1. The third-order valence-electron chi connectivity index (χ3n) is 6.90. The van der Waals surface area contributed by atoms with Crippen LogP contribution >= 0.6 is 0 Å². The normalized spacial score (nSPS) is 17.6. The first kappa shape index (κ1) is 29.0. The number of para-hydroxylation sites is 1. The maximum Gasteiger partial charge on any atom is 0.169 e. The van der Waals surface area contributed by atoms with E-state index < -0.39 is 33.0 Å². The standard InChI is InChI=1S/C28H35N5O7S/c1-18(2)40-27(20-15-32-12-7-6-11-24(32)29-20)19(3)41(34,35)17-25-30-31-28(23-16-38-13-14-39-23)33(25)26-21(36-4)9-8-10-22(26)37-5/h6-12,15,18-19,23,27H,13-14,16-17H2,1-5H3/t19-,23+,27+/m0/s1. The van der Waals surface area contributed by atoms with Gasteiger partial charge in [-0.15, -0.1) is 10.2 Å². The quantitative estimate of drug-likeness (QED) is 0.258. The van der Waals surface area contributed by atoms with Crippen LogP contribution in [0.1, 0.15) is 50.3 Å². The number of nitrogens with zero attached hydrogens (tertiary/aromatic N) is 5. The number of methoxy groups -OCH3 is 2. The smallest absolute Gasteiger partial charge is 0.169 e. The summed E-state index contributed by atoms with van der Waals surface area (Å²) in [6, 6.07) is 10.9. The van der Waals surface area contributed by atoms with Crippen molar-refractivity contribution < 1.29 is 32.1 Å². The molecule has 0 amide bonds. The first-order valence-corrected chi connectivity index (χ1v) is 15.1. The van der Waals surface area contributed by atoms with E-state index in [2.05, 4.69) is 15.2 Å². The largest absolute Gasteiger partial charge is 0.494 e. The predicted octanol–water partition coefficient (Wildman–Crippen LogP) is 3.49. The fourth-order valence-corrected chi connectivity index (χ4v) is 6.26. The molecule has 1 aromatic carbocycles. The zero-order valence-electron chi connectivity index (χ0n) is 23.8. The van der Waals surface area contributed by atoms with Gasteiger partial charge < -0.3 is 28.1 Å². The molecule has 1 aliphatic heterocycles. The van der Waals surface area contributed by atoms with E-state index >= 15 is 0 Å². The van der Waals surface area contributed by atoms with Crippen molar-refractivity contribution in [2.24, 2.45) is 0 Å². The molecule has 4 aromatic rings. The molecule has 0 N–H and O–H groups in total. The minimum Gasteiger partial charge on any atom is -0.494 e. The van der Waals surface area contributed by atoms with Crippen LogP contribution in [0.4, 0.5) is 0 Å². The van der Waals surface area contributed by atoms with E-state index in [1.807, 2.05) is 42.6 Å². The van der Waals surface area contributed by atoms with Crippen LogP contribution in [0.25, 0.3) is 11.3 Å². The number of imidazole rings is 1. The summed E-state index contributed by atoms with van der Waals surface area (Å²) >= 11 is 0. The highest BCUT2D eigenvalue weighted by Crippen LogP contribution is 2.37. The molecule has 1 aliphatic rings. The lowest BCUT2D eigenvalue weighted by Crippen LogP contribution is -2.31. The van der Waals surface area contributed by atoms with Gasteiger partial charge in [0.15, 0.2) is 21.5 Å². The summed E-state index contributed by atoms with van der Waals surface area (Å²) in [5, 5.41) is 7.76. The lowest BCUT2D eigenvalue weighted by atomic mass is 10.2. The van der Waals surface area contributed by atoms with Gasteiger partial charge in [0.05, 0.1) is 51.1 Å². The molecule has 5 rings (SSSR count). The number of ether oxygens (including phenoxy) is 5. The van der Waals surface area contributed by atoms with Crippen molar-refractivity contribution in [2.75, 3.05) is 34.0 Å². The Labute approximate surface area is 239 Å². The first-order valence-electron chi connectivity index (χ1n) is 13.4. The lowest BCUT2D eigenvalue weighted by Gasteiger charge is -2.26. The molecule has 41 heavy (non-hydrogen) atoms. The van der Waals surface area contributed by atoms with Gasteiger partial charge in [-0.3, -0.25) is 4.57 Å². The fourth-order valence-electron chi connectivity index (χ4n) is 4.87. The predicted molar refractivity (Wildman–Crippen MR) is 150 cm³/mol. The molecule has 0 spiro atoms. The highest BCUT2D eigenvalue weighted by atomic mass is 32.2. The van der Waals surface area contributed by atoms with Crippen LogP contribution in [0.3, 0.4) is 0 Å². The van der Waals surface area contributed by atoms with E-state index in [9.17, 15) is 8.42 Å². The number of rotatable bonds is 11. The highest BCUT2D eigenvalue weighted by Gasteiger charge is 2.37. The summed E-state index contributed by atoms with van der Waals surface area (Å²) < 4.78 is 60.6. The van der Waals surface area contributed by atoms with Crippen molar-refractivity contribution >= 4 is 15.5 Å². The molecule has 1 fully saturated rings. The van der Waals surface area contributed by atoms with Crippen LogP contribution in [0, 0.1) is 0 Å². The Morgan fingerprint density at radius 1 is 1.02 bits per heavy atom. The number of sulfone groups is 1. The van der Waals surface area contributed by atoms with Crippen LogP contribution in [-0.2, 0) is 29.8 Å². The second-order valence-corrected chi connectivity index (χ2v) is 12.4. The van der Waals surface area contributed by atoms with Crippen molar-refractivity contribution in [3.63, 3.8) is 0 Å². The van der Waals surface area contributed by atoms with E-state index in [1.165, 1.54) is 14.2 Å². The average molecular weight is 586 g/mol. The molecule has 1 saturated heterocycles. The van der Waals surface area contributed by atoms with Gasteiger partial charge in [0, 0.05) is 12.4 Å². The van der Waals surface area contributed by atoms with Crippen molar-refractivity contribution in [3.05, 3.63) is 66.1 Å². The number of pyridine rings is 1. The first-order chi connectivity index (χ1) is 19.7. The summed E-state index contributed by atoms with van der Waals surface area (Å²) in [6.07, 6.45) is 2.05. The van der Waals surface area contributed by atoms with Gasteiger partial charge in [-0.1, -0.05) is 12.1 Å². The molecule has 220 valence electrons. The van der Waals surface area contributed by atoms with E-state index in [1.54, 1.807) is 35.9 Å². The second-order valence-electron chi connectivity index (χ2n) is 10.0. The molecule has 13 heteroatoms. The van der Waals surface area contributed by atoms with Gasteiger partial charge in [0.1, 0.15) is 40.8 Å². The Hall–Kier alpha value is -3.52. The molecule has 0 saturated carbocycles. The molecule has 3 atom stereocenters. The summed E-state index contributed by atoms with van der Waals surface area (Å²) in [4.78, 5) is 4.66. The third kappa shape index (κ3) is 5.94. The lowest BCUT2D eigenvalue weighted by molar-refractivity contribution is -0.0942. The van der Waals surface area contributed by atoms with E-state index in [-0.39, 0.29) is 18.5 Å². The van der Waals surface area contributed by atoms with Gasteiger partial charge in [-0.2, -0.15) is 0 Å². The van der Waals surface area contributed by atoms with Gasteiger partial charge in [-0.25, -0.2) is 13.4 Å². The minimum absolute atomic E-state index is 0.183. The number of hydrogen-bond acceptors (Lipinski definition) is 10. The van der Waals surface area contributed by atoms with E-state index in [0.29, 0.717) is 47.6 Å². The molecule has 0 radical (unpaired) electrons. The second kappa shape index (κ2) is 12.1. The topological polar surface area (TPSA) is 128 Å².